The summed E-state index contributed by atoms with van der Waals surface area (Å²) < 4.78 is 13.9. The number of halogens is 3. The first kappa shape index (κ1) is 13.3. The van der Waals surface area contributed by atoms with Gasteiger partial charge in [0.15, 0.2) is 0 Å². The molecule has 18 heavy (non-hydrogen) atoms. The maximum atomic E-state index is 13.9. The van der Waals surface area contributed by atoms with Crippen molar-refractivity contribution in [2.45, 2.75) is 6.04 Å². The molecule has 1 aromatic carbocycles. The van der Waals surface area contributed by atoms with Crippen LogP contribution in [0, 0.1) is 5.82 Å². The van der Waals surface area contributed by atoms with Crippen molar-refractivity contribution in [1.82, 2.24) is 10.3 Å². The quantitative estimate of drug-likeness (QED) is 0.926. The molecule has 2 aromatic rings. The average Bonchev–Trinajstić information content (AvgIpc) is 2.35. The van der Waals surface area contributed by atoms with Crippen molar-refractivity contribution < 1.29 is 4.39 Å². The van der Waals surface area contributed by atoms with Crippen molar-refractivity contribution in [2.24, 2.45) is 0 Å². The molecular formula is C13H11Cl2FN2. The van der Waals surface area contributed by atoms with E-state index in [2.05, 4.69) is 10.3 Å². The van der Waals surface area contributed by atoms with Crippen molar-refractivity contribution in [2.75, 3.05) is 7.05 Å². The van der Waals surface area contributed by atoms with Crippen molar-refractivity contribution in [1.29, 1.82) is 0 Å². The van der Waals surface area contributed by atoms with Crippen LogP contribution in [0.1, 0.15) is 17.3 Å². The highest BCUT2D eigenvalue weighted by molar-refractivity contribution is 6.30. The van der Waals surface area contributed by atoms with Gasteiger partial charge in [-0.3, -0.25) is 4.98 Å². The van der Waals surface area contributed by atoms with Crippen LogP contribution in [0.15, 0.2) is 36.5 Å². The first-order valence-corrected chi connectivity index (χ1v) is 6.11. The summed E-state index contributed by atoms with van der Waals surface area (Å²) in [6.07, 6.45) is 1.54. The lowest BCUT2D eigenvalue weighted by Crippen LogP contribution is -2.20. The second-order valence-corrected chi connectivity index (χ2v) is 4.66. The number of benzene rings is 1. The van der Waals surface area contributed by atoms with Crippen LogP contribution >= 0.6 is 23.2 Å². The van der Waals surface area contributed by atoms with Crippen LogP contribution in [0.5, 0.6) is 0 Å². The number of rotatable bonds is 3. The summed E-state index contributed by atoms with van der Waals surface area (Å²) in [4.78, 5) is 4.20. The van der Waals surface area contributed by atoms with E-state index < -0.39 is 0 Å². The van der Waals surface area contributed by atoms with Gasteiger partial charge < -0.3 is 5.32 Å². The standard InChI is InChI=1S/C13H11Cl2FN2/c1-17-13(12-5-3-9(15)7-18-12)10-4-2-8(14)6-11(10)16/h2-7,13,17H,1H3. The van der Waals surface area contributed by atoms with Crippen molar-refractivity contribution in [3.63, 3.8) is 0 Å². The lowest BCUT2D eigenvalue weighted by atomic mass is 10.0. The van der Waals surface area contributed by atoms with Gasteiger partial charge in [0.25, 0.3) is 0 Å². The highest BCUT2D eigenvalue weighted by Crippen LogP contribution is 2.25. The zero-order valence-electron chi connectivity index (χ0n) is 9.62. The third-order valence-electron chi connectivity index (χ3n) is 2.61. The summed E-state index contributed by atoms with van der Waals surface area (Å²) >= 11 is 11.5. The summed E-state index contributed by atoms with van der Waals surface area (Å²) in [6.45, 7) is 0. The maximum Gasteiger partial charge on any atom is 0.129 e. The first-order chi connectivity index (χ1) is 8.61. The van der Waals surface area contributed by atoms with E-state index in [1.165, 1.54) is 12.3 Å². The van der Waals surface area contributed by atoms with E-state index in [9.17, 15) is 4.39 Å². The molecule has 0 saturated heterocycles. The molecule has 0 fully saturated rings. The summed E-state index contributed by atoms with van der Waals surface area (Å²) in [5.41, 5.74) is 1.19. The molecule has 0 radical (unpaired) electrons. The fourth-order valence-electron chi connectivity index (χ4n) is 1.76. The first-order valence-electron chi connectivity index (χ1n) is 5.35. The van der Waals surface area contributed by atoms with Crippen LogP contribution in [-0.2, 0) is 0 Å². The molecule has 0 saturated carbocycles. The monoisotopic (exact) mass is 284 g/mol. The van der Waals surface area contributed by atoms with Crippen LogP contribution in [0.4, 0.5) is 4.39 Å². The summed E-state index contributed by atoms with van der Waals surface area (Å²) in [7, 11) is 1.75. The predicted molar refractivity (Wildman–Crippen MR) is 71.6 cm³/mol. The van der Waals surface area contributed by atoms with Crippen LogP contribution in [0.25, 0.3) is 0 Å². The Hall–Kier alpha value is -1.16. The molecule has 94 valence electrons. The van der Waals surface area contributed by atoms with Gasteiger partial charge in [-0.05, 0) is 31.3 Å². The lowest BCUT2D eigenvalue weighted by Gasteiger charge is -2.17. The van der Waals surface area contributed by atoms with Gasteiger partial charge in [0.05, 0.1) is 16.8 Å². The number of nitrogens with one attached hydrogen (secondary N) is 1. The Balaban J connectivity index is 2.41. The van der Waals surface area contributed by atoms with Crippen molar-refractivity contribution in [3.05, 3.63) is 63.6 Å². The van der Waals surface area contributed by atoms with Gasteiger partial charge in [-0.25, -0.2) is 4.39 Å². The van der Waals surface area contributed by atoms with Gasteiger partial charge in [-0.2, -0.15) is 0 Å². The number of pyridine rings is 1. The summed E-state index contributed by atoms with van der Waals surface area (Å²) in [6, 6.07) is 7.74. The Bertz CT molecular complexity index is 543. The van der Waals surface area contributed by atoms with E-state index >= 15 is 0 Å². The van der Waals surface area contributed by atoms with E-state index in [4.69, 9.17) is 23.2 Å². The third kappa shape index (κ3) is 2.80. The minimum Gasteiger partial charge on any atom is -0.308 e. The molecule has 0 amide bonds. The number of hydrogen-bond acceptors (Lipinski definition) is 2. The number of hydrogen-bond donors (Lipinski definition) is 1. The Morgan fingerprint density at radius 3 is 2.44 bits per heavy atom. The topological polar surface area (TPSA) is 24.9 Å². The molecule has 1 aromatic heterocycles. The fourth-order valence-corrected chi connectivity index (χ4v) is 2.03. The third-order valence-corrected chi connectivity index (χ3v) is 3.07. The molecule has 1 N–H and O–H groups in total. The highest BCUT2D eigenvalue weighted by Gasteiger charge is 2.17. The Kier molecular flexibility index (Phi) is 4.17. The van der Waals surface area contributed by atoms with E-state index in [1.54, 1.807) is 31.3 Å². The fraction of sp³-hybridized carbons (Fsp3) is 0.154. The van der Waals surface area contributed by atoms with E-state index in [0.717, 1.165) is 0 Å². The molecule has 1 unspecified atom stereocenters. The zero-order chi connectivity index (χ0) is 13.1. The van der Waals surface area contributed by atoms with Gasteiger partial charge in [0.2, 0.25) is 0 Å². The second-order valence-electron chi connectivity index (χ2n) is 3.79. The molecule has 0 bridgehead atoms. The van der Waals surface area contributed by atoms with Crippen LogP contribution in [0.2, 0.25) is 10.0 Å². The maximum absolute atomic E-state index is 13.9. The molecule has 0 spiro atoms. The predicted octanol–water partition coefficient (Wildman–Crippen LogP) is 3.84. The highest BCUT2D eigenvalue weighted by atomic mass is 35.5. The van der Waals surface area contributed by atoms with Crippen LogP contribution in [-0.4, -0.2) is 12.0 Å². The minimum atomic E-state index is -0.362. The van der Waals surface area contributed by atoms with Crippen molar-refractivity contribution in [3.8, 4) is 0 Å². The van der Waals surface area contributed by atoms with Gasteiger partial charge in [-0.1, -0.05) is 29.3 Å². The summed E-state index contributed by atoms with van der Waals surface area (Å²) in [5, 5.41) is 3.94. The molecule has 0 aliphatic heterocycles. The molecular weight excluding hydrogens is 274 g/mol. The number of nitrogens with zero attached hydrogens (tertiary/aromatic N) is 1. The Morgan fingerprint density at radius 2 is 1.89 bits per heavy atom. The van der Waals surface area contributed by atoms with Crippen molar-refractivity contribution >= 4 is 23.2 Å². The average molecular weight is 285 g/mol. The lowest BCUT2D eigenvalue weighted by molar-refractivity contribution is 0.570. The number of aromatic nitrogens is 1. The molecule has 0 aliphatic rings. The Labute approximate surface area is 115 Å². The van der Waals surface area contributed by atoms with E-state index in [1.807, 2.05) is 0 Å². The van der Waals surface area contributed by atoms with E-state index in [-0.39, 0.29) is 11.9 Å². The zero-order valence-corrected chi connectivity index (χ0v) is 11.1. The largest absolute Gasteiger partial charge is 0.308 e. The molecule has 5 heteroatoms. The normalized spacial score (nSPS) is 12.4. The van der Waals surface area contributed by atoms with Crippen LogP contribution in [0.3, 0.4) is 0 Å². The molecule has 0 aliphatic carbocycles. The Morgan fingerprint density at radius 1 is 1.17 bits per heavy atom. The minimum absolute atomic E-state index is 0.334. The van der Waals surface area contributed by atoms with Gasteiger partial charge >= 0.3 is 0 Å². The van der Waals surface area contributed by atoms with Gasteiger partial charge in [0, 0.05) is 16.8 Å². The second kappa shape index (κ2) is 5.65. The SMILES string of the molecule is CNC(c1ccc(Cl)cn1)c1ccc(Cl)cc1F. The molecule has 2 rings (SSSR count). The molecule has 1 atom stereocenters. The van der Waals surface area contributed by atoms with E-state index in [0.29, 0.717) is 21.3 Å². The van der Waals surface area contributed by atoms with Gasteiger partial charge in [-0.15, -0.1) is 0 Å². The summed E-state index contributed by atoms with van der Waals surface area (Å²) in [5.74, 6) is -0.362. The smallest absolute Gasteiger partial charge is 0.129 e. The molecule has 1 heterocycles. The van der Waals surface area contributed by atoms with Crippen LogP contribution < -0.4 is 5.32 Å². The molecule has 2 nitrogen and oxygen atoms in total. The van der Waals surface area contributed by atoms with Gasteiger partial charge in [0.1, 0.15) is 5.82 Å².